The fourth-order valence-corrected chi connectivity index (χ4v) is 3.33. The number of aryl methyl sites for hydroxylation is 1. The standard InChI is InChI=1S/C20H20N4O3/c1-14-21-22-19-13-23(18(20(25)26)12-24(14)19)11-15-6-5-9-17(10-15)27-16-7-3-2-4-8-16/h2-10,18H,11-13H2,1H3,(H,25,26). The molecule has 0 aliphatic carbocycles. The smallest absolute Gasteiger partial charge is 0.322 e. The first-order valence-corrected chi connectivity index (χ1v) is 8.77. The molecule has 0 bridgehead atoms. The van der Waals surface area contributed by atoms with Crippen molar-refractivity contribution in [1.29, 1.82) is 0 Å². The second kappa shape index (κ2) is 7.20. The lowest BCUT2D eigenvalue weighted by Crippen LogP contribution is -2.47. The second-order valence-electron chi connectivity index (χ2n) is 6.60. The predicted octanol–water partition coefficient (Wildman–Crippen LogP) is 2.85. The van der Waals surface area contributed by atoms with E-state index >= 15 is 0 Å². The van der Waals surface area contributed by atoms with Gasteiger partial charge in [-0.3, -0.25) is 9.69 Å². The van der Waals surface area contributed by atoms with E-state index in [1.807, 2.05) is 71.0 Å². The van der Waals surface area contributed by atoms with Gasteiger partial charge in [0.15, 0.2) is 0 Å². The monoisotopic (exact) mass is 364 g/mol. The first-order valence-electron chi connectivity index (χ1n) is 8.77. The summed E-state index contributed by atoms with van der Waals surface area (Å²) in [6, 6.07) is 16.7. The van der Waals surface area contributed by atoms with Crippen LogP contribution < -0.4 is 4.74 Å². The van der Waals surface area contributed by atoms with Crippen molar-refractivity contribution in [3.8, 4) is 11.5 Å². The van der Waals surface area contributed by atoms with E-state index in [4.69, 9.17) is 4.74 Å². The molecular weight excluding hydrogens is 344 g/mol. The maximum absolute atomic E-state index is 11.8. The van der Waals surface area contributed by atoms with Crippen LogP contribution in [0.15, 0.2) is 54.6 Å². The number of nitrogens with zero attached hydrogens (tertiary/aromatic N) is 4. The molecule has 1 aromatic heterocycles. The number of hydrogen-bond acceptors (Lipinski definition) is 5. The number of benzene rings is 2. The zero-order valence-corrected chi connectivity index (χ0v) is 14.9. The van der Waals surface area contributed by atoms with Crippen molar-refractivity contribution in [2.75, 3.05) is 0 Å². The maximum Gasteiger partial charge on any atom is 0.322 e. The number of carbonyl (C=O) groups is 1. The van der Waals surface area contributed by atoms with Gasteiger partial charge in [-0.15, -0.1) is 10.2 Å². The highest BCUT2D eigenvalue weighted by Crippen LogP contribution is 2.25. The highest BCUT2D eigenvalue weighted by atomic mass is 16.5. The van der Waals surface area contributed by atoms with E-state index < -0.39 is 12.0 Å². The Morgan fingerprint density at radius 2 is 1.93 bits per heavy atom. The van der Waals surface area contributed by atoms with Crippen LogP contribution in [0, 0.1) is 6.92 Å². The largest absolute Gasteiger partial charge is 0.480 e. The van der Waals surface area contributed by atoms with Gasteiger partial charge in [0.2, 0.25) is 0 Å². The predicted molar refractivity (Wildman–Crippen MR) is 98.4 cm³/mol. The number of aliphatic carboxylic acids is 1. The van der Waals surface area contributed by atoms with Crippen LogP contribution in [0.4, 0.5) is 0 Å². The molecule has 0 fully saturated rings. The average Bonchev–Trinajstić information content (AvgIpc) is 3.02. The minimum Gasteiger partial charge on any atom is -0.480 e. The van der Waals surface area contributed by atoms with Crippen LogP contribution in [0.2, 0.25) is 0 Å². The lowest BCUT2D eigenvalue weighted by Gasteiger charge is -2.33. The molecular formula is C20H20N4O3. The van der Waals surface area contributed by atoms with E-state index in [2.05, 4.69) is 10.2 Å². The Bertz CT molecular complexity index is 955. The molecule has 1 atom stereocenters. The molecule has 2 aromatic carbocycles. The van der Waals surface area contributed by atoms with Gasteiger partial charge in [-0.1, -0.05) is 30.3 Å². The van der Waals surface area contributed by atoms with E-state index in [1.165, 1.54) is 0 Å². The van der Waals surface area contributed by atoms with Gasteiger partial charge in [-0.25, -0.2) is 0 Å². The summed E-state index contributed by atoms with van der Waals surface area (Å²) in [4.78, 5) is 13.7. The first kappa shape index (κ1) is 17.2. The van der Waals surface area contributed by atoms with Crippen LogP contribution in [0.5, 0.6) is 11.5 Å². The summed E-state index contributed by atoms with van der Waals surface area (Å²) in [7, 11) is 0. The third kappa shape index (κ3) is 3.68. The second-order valence-corrected chi connectivity index (χ2v) is 6.60. The third-order valence-corrected chi connectivity index (χ3v) is 4.70. The molecule has 0 radical (unpaired) electrons. The van der Waals surface area contributed by atoms with Crippen molar-refractivity contribution in [1.82, 2.24) is 19.7 Å². The highest BCUT2D eigenvalue weighted by molar-refractivity contribution is 5.73. The van der Waals surface area contributed by atoms with Crippen LogP contribution >= 0.6 is 0 Å². The average molecular weight is 364 g/mol. The molecule has 1 aliphatic heterocycles. The molecule has 1 unspecified atom stereocenters. The van der Waals surface area contributed by atoms with E-state index in [9.17, 15) is 9.90 Å². The van der Waals surface area contributed by atoms with Crippen LogP contribution in [-0.4, -0.2) is 36.8 Å². The minimum atomic E-state index is -0.842. The van der Waals surface area contributed by atoms with Crippen molar-refractivity contribution >= 4 is 5.97 Å². The Balaban J connectivity index is 1.54. The summed E-state index contributed by atoms with van der Waals surface area (Å²) < 4.78 is 7.76. The maximum atomic E-state index is 11.8. The van der Waals surface area contributed by atoms with Gasteiger partial charge in [0.1, 0.15) is 29.2 Å². The van der Waals surface area contributed by atoms with Crippen LogP contribution in [-0.2, 0) is 24.4 Å². The Hall–Kier alpha value is -3.19. The molecule has 1 N–H and O–H groups in total. The number of carboxylic acids is 1. The summed E-state index contributed by atoms with van der Waals surface area (Å²) in [5.41, 5.74) is 0.986. The lowest BCUT2D eigenvalue weighted by molar-refractivity contribution is -0.145. The highest BCUT2D eigenvalue weighted by Gasteiger charge is 2.33. The fourth-order valence-electron chi connectivity index (χ4n) is 3.33. The van der Waals surface area contributed by atoms with Crippen LogP contribution in [0.3, 0.4) is 0 Å². The molecule has 0 saturated carbocycles. The Morgan fingerprint density at radius 3 is 2.70 bits per heavy atom. The Morgan fingerprint density at radius 1 is 1.15 bits per heavy atom. The molecule has 4 rings (SSSR count). The summed E-state index contributed by atoms with van der Waals surface area (Å²) in [6.45, 7) is 3.13. The number of para-hydroxylation sites is 1. The molecule has 7 nitrogen and oxygen atoms in total. The third-order valence-electron chi connectivity index (χ3n) is 4.70. The topological polar surface area (TPSA) is 80.5 Å². The van der Waals surface area contributed by atoms with Gasteiger partial charge < -0.3 is 14.4 Å². The lowest BCUT2D eigenvalue weighted by atomic mass is 10.1. The molecule has 0 spiro atoms. The molecule has 3 aromatic rings. The van der Waals surface area contributed by atoms with Gasteiger partial charge in [-0.05, 0) is 36.8 Å². The number of hydrogen-bond donors (Lipinski definition) is 1. The minimum absolute atomic E-state index is 0.351. The molecule has 1 aliphatic rings. The number of ether oxygens (including phenoxy) is 1. The number of aromatic nitrogens is 3. The summed E-state index contributed by atoms with van der Waals surface area (Å²) in [5.74, 6) is 2.18. The number of rotatable bonds is 5. The van der Waals surface area contributed by atoms with E-state index in [-0.39, 0.29) is 0 Å². The quantitative estimate of drug-likeness (QED) is 0.750. The SMILES string of the molecule is Cc1nnc2n1CC(C(=O)O)N(Cc1cccc(Oc3ccccc3)c1)C2. The van der Waals surface area contributed by atoms with Crippen molar-refractivity contribution in [2.45, 2.75) is 32.6 Å². The summed E-state index contributed by atoms with van der Waals surface area (Å²) >= 11 is 0. The number of carboxylic acid groups (broad SMARTS) is 1. The molecule has 0 amide bonds. The Labute approximate surface area is 156 Å². The first-order chi connectivity index (χ1) is 13.1. The van der Waals surface area contributed by atoms with Crippen LogP contribution in [0.25, 0.3) is 0 Å². The van der Waals surface area contributed by atoms with Gasteiger partial charge in [0, 0.05) is 6.54 Å². The van der Waals surface area contributed by atoms with Gasteiger partial charge in [0.05, 0.1) is 13.1 Å². The van der Waals surface area contributed by atoms with Crippen molar-refractivity contribution in [3.63, 3.8) is 0 Å². The molecule has 27 heavy (non-hydrogen) atoms. The van der Waals surface area contributed by atoms with Gasteiger partial charge in [0.25, 0.3) is 0 Å². The van der Waals surface area contributed by atoms with Crippen molar-refractivity contribution in [3.05, 3.63) is 71.8 Å². The molecule has 0 saturated heterocycles. The Kier molecular flexibility index (Phi) is 4.60. The fraction of sp³-hybridized carbons (Fsp3) is 0.250. The molecule has 2 heterocycles. The number of fused-ring (bicyclic) bond motifs is 1. The van der Waals surface area contributed by atoms with Crippen molar-refractivity contribution < 1.29 is 14.6 Å². The summed E-state index contributed by atoms with van der Waals surface area (Å²) in [6.07, 6.45) is 0. The molecule has 138 valence electrons. The van der Waals surface area contributed by atoms with Crippen molar-refractivity contribution in [2.24, 2.45) is 0 Å². The van der Waals surface area contributed by atoms with Gasteiger partial charge >= 0.3 is 5.97 Å². The molecule has 7 heteroatoms. The van der Waals surface area contributed by atoms with E-state index in [0.717, 1.165) is 28.7 Å². The van der Waals surface area contributed by atoms with E-state index in [1.54, 1.807) is 0 Å². The van der Waals surface area contributed by atoms with E-state index in [0.29, 0.717) is 19.6 Å². The zero-order valence-electron chi connectivity index (χ0n) is 14.9. The normalized spacial score (nSPS) is 16.7. The van der Waals surface area contributed by atoms with Gasteiger partial charge in [-0.2, -0.15) is 0 Å². The zero-order chi connectivity index (χ0) is 18.8. The summed E-state index contributed by atoms with van der Waals surface area (Å²) in [5, 5.41) is 17.9. The van der Waals surface area contributed by atoms with Crippen LogP contribution in [0.1, 0.15) is 17.2 Å².